The second kappa shape index (κ2) is 8.32. The van der Waals surface area contributed by atoms with Crippen LogP contribution < -0.4 is 0 Å². The molecule has 2 N–H and O–H groups in total. The molecule has 222 valence electrons. The molecule has 0 aromatic carbocycles. The molecule has 0 aromatic heterocycles. The van der Waals surface area contributed by atoms with Gasteiger partial charge in [-0.25, -0.2) is 9.68 Å². The van der Waals surface area contributed by atoms with Crippen LogP contribution in [0.2, 0.25) is 0 Å². The first kappa shape index (κ1) is 27.3. The van der Waals surface area contributed by atoms with Crippen molar-refractivity contribution >= 4 is 17.9 Å². The first-order valence-electron chi connectivity index (χ1n) is 15.0. The third-order valence-corrected chi connectivity index (χ3v) is 13.0. The summed E-state index contributed by atoms with van der Waals surface area (Å²) >= 11 is 0. The average molecular weight is 569 g/mol. The molecule has 1 unspecified atom stereocenters. The predicted octanol–water partition coefficient (Wildman–Crippen LogP) is 4.05. The first-order chi connectivity index (χ1) is 19.3. The zero-order valence-electron chi connectivity index (χ0n) is 24.2. The summed E-state index contributed by atoms with van der Waals surface area (Å²) in [5.41, 5.74) is -0.426. The van der Waals surface area contributed by atoms with E-state index in [-0.39, 0.29) is 42.2 Å². The van der Waals surface area contributed by atoms with Crippen molar-refractivity contribution in [3.05, 3.63) is 35.5 Å². The maximum Gasteiger partial charge on any atom is 0.334 e. The van der Waals surface area contributed by atoms with Crippen LogP contribution in [0.4, 0.5) is 0 Å². The van der Waals surface area contributed by atoms with Crippen LogP contribution in [0, 0.1) is 39.9 Å². The number of aliphatic hydroxyl groups is 1. The van der Waals surface area contributed by atoms with Crippen molar-refractivity contribution < 1.29 is 43.8 Å². The maximum atomic E-state index is 14.3. The number of esters is 3. The minimum Gasteiger partial charge on any atom is -0.462 e. The number of carbonyl (C=O) groups is 3. The minimum absolute atomic E-state index is 0.0647. The third kappa shape index (κ3) is 2.96. The van der Waals surface area contributed by atoms with Crippen LogP contribution in [-0.4, -0.2) is 58.3 Å². The normalized spacial score (nSPS) is 51.6. The van der Waals surface area contributed by atoms with Crippen LogP contribution in [0.3, 0.4) is 0 Å². The van der Waals surface area contributed by atoms with Gasteiger partial charge in [-0.05, 0) is 63.4 Å². The summed E-state index contributed by atoms with van der Waals surface area (Å²) in [6.07, 6.45) is 1.06. The molecule has 6 fully saturated rings. The Bertz CT molecular complexity index is 1330. The summed E-state index contributed by atoms with van der Waals surface area (Å²) in [6, 6.07) is 0. The van der Waals surface area contributed by atoms with Crippen LogP contribution in [0.15, 0.2) is 35.5 Å². The molecule has 2 spiro atoms. The maximum absolute atomic E-state index is 14.3. The van der Waals surface area contributed by atoms with Gasteiger partial charge in [0.1, 0.15) is 23.9 Å². The fourth-order valence-corrected chi connectivity index (χ4v) is 11.1. The Balaban J connectivity index is 1.38. The molecule has 0 aromatic rings. The van der Waals surface area contributed by atoms with Gasteiger partial charge in [0.05, 0.1) is 11.5 Å². The van der Waals surface area contributed by atoms with E-state index in [0.717, 1.165) is 11.1 Å². The SMILES string of the molecule is C=C1C(=O)O[C@H]2C[C@H](C)[C@@]34C[C@@]5(C(=O)O[C@@H]6C[C@@]7(C)[C@H](O)CCC(=C)[C@]7(OO)C[C@@H]65)[C@@H](C(C)=C3C[C@H]12)C4OC(C)=O. The minimum atomic E-state index is -1.23. The molecule has 0 amide bonds. The van der Waals surface area contributed by atoms with Gasteiger partial charge < -0.3 is 19.3 Å². The van der Waals surface area contributed by atoms with Crippen molar-refractivity contribution in [2.24, 2.45) is 39.9 Å². The summed E-state index contributed by atoms with van der Waals surface area (Å²) in [7, 11) is 0. The Morgan fingerprint density at radius 2 is 1.85 bits per heavy atom. The van der Waals surface area contributed by atoms with Crippen LogP contribution in [0.1, 0.15) is 72.6 Å². The highest BCUT2D eigenvalue weighted by molar-refractivity contribution is 5.91. The van der Waals surface area contributed by atoms with E-state index in [4.69, 9.17) is 19.1 Å². The number of carbonyl (C=O) groups excluding carboxylic acids is 3. The lowest BCUT2D eigenvalue weighted by molar-refractivity contribution is -0.370. The van der Waals surface area contributed by atoms with Crippen LogP contribution in [0.25, 0.3) is 0 Å². The van der Waals surface area contributed by atoms with Crippen molar-refractivity contribution in [3.63, 3.8) is 0 Å². The standard InChI is InChI=1S/C32H40O9/c1-14-7-8-24(34)29(6)12-23-21(11-32(14,29)41-37)31(28(36)40-23)13-30-15(2)9-22-19(16(3)27(35)39-22)10-20(30)17(4)25(31)26(30)38-18(5)33/h15,19,21-26,34,37H,1,3,7-13H2,2,4-6H3/t15-,19+,21-,22-,23+,24+,25-,26?,29-,30-,31-,32+/m0/s1. The number of ether oxygens (including phenoxy) is 3. The molecule has 41 heavy (non-hydrogen) atoms. The summed E-state index contributed by atoms with van der Waals surface area (Å²) in [5, 5.41) is 21.6. The highest BCUT2D eigenvalue weighted by Crippen LogP contribution is 2.77. The summed E-state index contributed by atoms with van der Waals surface area (Å²) in [6.45, 7) is 15.7. The number of rotatable bonds is 2. The third-order valence-electron chi connectivity index (χ3n) is 13.0. The summed E-state index contributed by atoms with van der Waals surface area (Å²) in [4.78, 5) is 44.7. The van der Waals surface area contributed by atoms with Gasteiger partial charge in [-0.2, -0.15) is 0 Å². The molecule has 2 aliphatic heterocycles. The molecule has 2 saturated heterocycles. The number of fused-ring (bicyclic) bond motifs is 6. The van der Waals surface area contributed by atoms with Gasteiger partial charge in [0.2, 0.25) is 0 Å². The summed E-state index contributed by atoms with van der Waals surface area (Å²) in [5.74, 6) is -2.06. The second-order valence-electron chi connectivity index (χ2n) is 14.3. The zero-order valence-corrected chi connectivity index (χ0v) is 24.2. The van der Waals surface area contributed by atoms with Crippen LogP contribution in [0.5, 0.6) is 0 Å². The summed E-state index contributed by atoms with van der Waals surface area (Å²) < 4.78 is 18.2. The lowest BCUT2D eigenvalue weighted by Crippen LogP contribution is -2.65. The monoisotopic (exact) mass is 568 g/mol. The first-order valence-corrected chi connectivity index (χ1v) is 15.0. The van der Waals surface area contributed by atoms with Crippen molar-refractivity contribution in [1.29, 1.82) is 0 Å². The smallest absolute Gasteiger partial charge is 0.334 e. The largest absolute Gasteiger partial charge is 0.462 e. The Hall–Kier alpha value is -2.49. The Kier molecular flexibility index (Phi) is 5.55. The number of hydrogen-bond acceptors (Lipinski definition) is 9. The highest BCUT2D eigenvalue weighted by atomic mass is 17.1. The van der Waals surface area contributed by atoms with E-state index in [1.807, 2.05) is 13.8 Å². The number of aliphatic hydroxyl groups excluding tert-OH is 1. The average Bonchev–Trinajstić information content (AvgIpc) is 3.49. The molecule has 9 heteroatoms. The second-order valence-corrected chi connectivity index (χ2v) is 14.3. The van der Waals surface area contributed by atoms with Crippen LogP contribution >= 0.6 is 0 Å². The molecule has 12 atom stereocenters. The molecule has 7 rings (SSSR count). The molecule has 2 bridgehead atoms. The van der Waals surface area contributed by atoms with E-state index < -0.39 is 52.0 Å². The van der Waals surface area contributed by atoms with Crippen molar-refractivity contribution in [3.8, 4) is 0 Å². The fourth-order valence-electron chi connectivity index (χ4n) is 11.1. The zero-order chi connectivity index (χ0) is 29.4. The Labute approximate surface area is 239 Å². The topological polar surface area (TPSA) is 129 Å². The Morgan fingerprint density at radius 1 is 1.12 bits per heavy atom. The van der Waals surface area contributed by atoms with Gasteiger partial charge in [-0.15, -0.1) is 0 Å². The van der Waals surface area contributed by atoms with E-state index in [1.165, 1.54) is 6.92 Å². The number of hydrogen-bond donors (Lipinski definition) is 2. The lowest BCUT2D eigenvalue weighted by Gasteiger charge is -2.59. The van der Waals surface area contributed by atoms with Gasteiger partial charge in [-0.3, -0.25) is 14.8 Å². The molecular weight excluding hydrogens is 528 g/mol. The molecular formula is C32H40O9. The van der Waals surface area contributed by atoms with E-state index in [1.54, 1.807) is 0 Å². The molecule has 7 aliphatic rings. The van der Waals surface area contributed by atoms with Gasteiger partial charge in [-0.1, -0.05) is 38.2 Å². The van der Waals surface area contributed by atoms with Crippen molar-refractivity contribution in [1.82, 2.24) is 0 Å². The van der Waals surface area contributed by atoms with Crippen molar-refractivity contribution in [2.75, 3.05) is 0 Å². The van der Waals surface area contributed by atoms with Crippen LogP contribution in [-0.2, 0) is 33.5 Å². The molecule has 2 heterocycles. The predicted molar refractivity (Wildman–Crippen MR) is 144 cm³/mol. The highest BCUT2D eigenvalue weighted by Gasteiger charge is 2.81. The Morgan fingerprint density at radius 3 is 2.54 bits per heavy atom. The van der Waals surface area contributed by atoms with E-state index in [0.29, 0.717) is 49.7 Å². The fraction of sp³-hybridized carbons (Fsp3) is 0.719. The van der Waals surface area contributed by atoms with Gasteiger partial charge in [0.15, 0.2) is 0 Å². The van der Waals surface area contributed by atoms with E-state index >= 15 is 0 Å². The van der Waals surface area contributed by atoms with Gasteiger partial charge in [0, 0.05) is 41.1 Å². The quantitative estimate of drug-likeness (QED) is 0.127. The molecule has 0 radical (unpaired) electrons. The molecule has 9 nitrogen and oxygen atoms in total. The molecule has 4 saturated carbocycles. The van der Waals surface area contributed by atoms with Crippen molar-refractivity contribution in [2.45, 2.75) is 103 Å². The van der Waals surface area contributed by atoms with Gasteiger partial charge in [0.25, 0.3) is 0 Å². The van der Waals surface area contributed by atoms with E-state index in [9.17, 15) is 24.7 Å². The lowest BCUT2D eigenvalue weighted by atomic mass is 9.47. The van der Waals surface area contributed by atoms with Gasteiger partial charge >= 0.3 is 17.9 Å². The van der Waals surface area contributed by atoms with E-state index in [2.05, 4.69) is 20.1 Å². The molecule has 5 aliphatic carbocycles.